The molecular formula is C20H26N2O3S. The summed E-state index contributed by atoms with van der Waals surface area (Å²) in [5.41, 5.74) is 0. The van der Waals surface area contributed by atoms with Crippen LogP contribution in [-0.2, 0) is 14.8 Å². The predicted octanol–water partition coefficient (Wildman–Crippen LogP) is 3.35. The molecule has 6 heteroatoms. The third-order valence-electron chi connectivity index (χ3n) is 4.96. The van der Waals surface area contributed by atoms with Crippen LogP contribution in [0.5, 0.6) is 0 Å². The van der Waals surface area contributed by atoms with Crippen molar-refractivity contribution in [2.75, 3.05) is 0 Å². The fourth-order valence-electron chi connectivity index (χ4n) is 3.44. The maximum absolute atomic E-state index is 12.6. The SMILES string of the molecule is C[C@@H](NS(=O)(=O)c1ccc2ccccc2c1)C(=O)NC1CCCCCC1. The summed E-state index contributed by atoms with van der Waals surface area (Å²) < 4.78 is 27.8. The second-order valence-corrected chi connectivity index (χ2v) is 8.76. The largest absolute Gasteiger partial charge is 0.352 e. The van der Waals surface area contributed by atoms with Crippen LogP contribution in [0.1, 0.15) is 45.4 Å². The van der Waals surface area contributed by atoms with Crippen LogP contribution < -0.4 is 10.0 Å². The quantitative estimate of drug-likeness (QED) is 0.788. The van der Waals surface area contributed by atoms with Crippen molar-refractivity contribution in [1.82, 2.24) is 10.0 Å². The van der Waals surface area contributed by atoms with Crippen molar-refractivity contribution in [3.05, 3.63) is 42.5 Å². The molecule has 5 nitrogen and oxygen atoms in total. The summed E-state index contributed by atoms with van der Waals surface area (Å²) >= 11 is 0. The number of carbonyl (C=O) groups excluding carboxylic acids is 1. The van der Waals surface area contributed by atoms with Gasteiger partial charge in [0.2, 0.25) is 15.9 Å². The molecular weight excluding hydrogens is 348 g/mol. The summed E-state index contributed by atoms with van der Waals surface area (Å²) in [7, 11) is -3.75. The molecule has 26 heavy (non-hydrogen) atoms. The molecule has 1 aliphatic rings. The first-order chi connectivity index (χ1) is 12.5. The maximum atomic E-state index is 12.6. The molecule has 0 spiro atoms. The zero-order valence-electron chi connectivity index (χ0n) is 15.1. The molecule has 1 saturated carbocycles. The lowest BCUT2D eigenvalue weighted by Crippen LogP contribution is -2.47. The van der Waals surface area contributed by atoms with E-state index in [4.69, 9.17) is 0 Å². The van der Waals surface area contributed by atoms with Gasteiger partial charge in [-0.05, 0) is 42.7 Å². The Morgan fingerprint density at radius 1 is 1.00 bits per heavy atom. The second kappa shape index (κ2) is 8.18. The van der Waals surface area contributed by atoms with Crippen LogP contribution in [0.2, 0.25) is 0 Å². The molecule has 2 aromatic carbocycles. The van der Waals surface area contributed by atoms with E-state index in [1.54, 1.807) is 25.1 Å². The molecule has 0 bridgehead atoms. The zero-order valence-corrected chi connectivity index (χ0v) is 15.9. The summed E-state index contributed by atoms with van der Waals surface area (Å²) in [6.45, 7) is 1.59. The predicted molar refractivity (Wildman–Crippen MR) is 103 cm³/mol. The molecule has 0 saturated heterocycles. The van der Waals surface area contributed by atoms with Crippen molar-refractivity contribution in [2.24, 2.45) is 0 Å². The highest BCUT2D eigenvalue weighted by Crippen LogP contribution is 2.20. The van der Waals surface area contributed by atoms with Gasteiger partial charge in [0.05, 0.1) is 10.9 Å². The summed E-state index contributed by atoms with van der Waals surface area (Å²) in [5.74, 6) is -0.263. The highest BCUT2D eigenvalue weighted by atomic mass is 32.2. The highest BCUT2D eigenvalue weighted by molar-refractivity contribution is 7.89. The van der Waals surface area contributed by atoms with Crippen LogP contribution in [0, 0.1) is 0 Å². The van der Waals surface area contributed by atoms with E-state index in [-0.39, 0.29) is 16.8 Å². The number of fused-ring (bicyclic) bond motifs is 1. The van der Waals surface area contributed by atoms with Gasteiger partial charge in [-0.2, -0.15) is 4.72 Å². The molecule has 3 rings (SSSR count). The van der Waals surface area contributed by atoms with Crippen molar-refractivity contribution in [1.29, 1.82) is 0 Å². The fraction of sp³-hybridized carbons (Fsp3) is 0.450. The Kier molecular flexibility index (Phi) is 5.94. The van der Waals surface area contributed by atoms with Crippen molar-refractivity contribution < 1.29 is 13.2 Å². The van der Waals surface area contributed by atoms with Gasteiger partial charge in [0.1, 0.15) is 0 Å². The maximum Gasteiger partial charge on any atom is 0.241 e. The molecule has 1 fully saturated rings. The van der Waals surface area contributed by atoms with E-state index in [1.165, 1.54) is 12.8 Å². The van der Waals surface area contributed by atoms with Gasteiger partial charge in [-0.15, -0.1) is 0 Å². The Morgan fingerprint density at radius 3 is 2.35 bits per heavy atom. The molecule has 2 N–H and O–H groups in total. The van der Waals surface area contributed by atoms with Gasteiger partial charge in [-0.25, -0.2) is 8.42 Å². The van der Waals surface area contributed by atoms with Crippen LogP contribution in [0.25, 0.3) is 10.8 Å². The summed E-state index contributed by atoms with van der Waals surface area (Å²) in [6.07, 6.45) is 6.57. The lowest BCUT2D eigenvalue weighted by Gasteiger charge is -2.20. The van der Waals surface area contributed by atoms with Gasteiger partial charge >= 0.3 is 0 Å². The third kappa shape index (κ3) is 4.62. The topological polar surface area (TPSA) is 75.3 Å². The molecule has 0 radical (unpaired) electrons. The second-order valence-electron chi connectivity index (χ2n) is 7.05. The summed E-state index contributed by atoms with van der Waals surface area (Å²) in [4.78, 5) is 12.6. The van der Waals surface area contributed by atoms with Gasteiger partial charge < -0.3 is 5.32 Å². The van der Waals surface area contributed by atoms with Crippen LogP contribution in [0.4, 0.5) is 0 Å². The van der Waals surface area contributed by atoms with Gasteiger partial charge in [-0.1, -0.05) is 56.0 Å². The monoisotopic (exact) mass is 374 g/mol. The summed E-state index contributed by atoms with van der Waals surface area (Å²) in [5, 5.41) is 4.83. The van der Waals surface area contributed by atoms with Crippen LogP contribution >= 0.6 is 0 Å². The number of nitrogens with one attached hydrogen (secondary N) is 2. The zero-order chi connectivity index (χ0) is 18.6. The standard InChI is InChI=1S/C20H26N2O3S/c1-15(20(23)21-18-10-4-2-3-5-11-18)22-26(24,25)19-13-12-16-8-6-7-9-17(16)14-19/h6-9,12-15,18,22H,2-5,10-11H2,1H3,(H,21,23)/t15-/m1/s1. The van der Waals surface area contributed by atoms with E-state index in [9.17, 15) is 13.2 Å². The molecule has 1 aliphatic carbocycles. The molecule has 0 heterocycles. The first-order valence-corrected chi connectivity index (χ1v) is 10.8. The Bertz CT molecular complexity index is 872. The Balaban J connectivity index is 1.67. The lowest BCUT2D eigenvalue weighted by molar-refractivity contribution is -0.123. The average molecular weight is 375 g/mol. The minimum atomic E-state index is -3.75. The highest BCUT2D eigenvalue weighted by Gasteiger charge is 2.24. The van der Waals surface area contributed by atoms with Crippen molar-refractivity contribution in [2.45, 2.75) is 62.4 Å². The van der Waals surface area contributed by atoms with Crippen molar-refractivity contribution in [3.8, 4) is 0 Å². The first-order valence-electron chi connectivity index (χ1n) is 9.27. The van der Waals surface area contributed by atoms with E-state index in [0.29, 0.717) is 0 Å². The van der Waals surface area contributed by atoms with E-state index in [1.807, 2.05) is 24.3 Å². The Labute approximate surface area is 155 Å². The number of benzene rings is 2. The van der Waals surface area contributed by atoms with E-state index in [2.05, 4.69) is 10.0 Å². The van der Waals surface area contributed by atoms with Gasteiger partial charge in [0, 0.05) is 6.04 Å². The molecule has 1 amide bonds. The van der Waals surface area contributed by atoms with E-state index in [0.717, 1.165) is 36.5 Å². The van der Waals surface area contributed by atoms with Gasteiger partial charge in [0.15, 0.2) is 0 Å². The minimum absolute atomic E-state index is 0.151. The molecule has 2 aromatic rings. The molecule has 0 aliphatic heterocycles. The minimum Gasteiger partial charge on any atom is -0.352 e. The normalized spacial score (nSPS) is 17.6. The van der Waals surface area contributed by atoms with E-state index < -0.39 is 16.1 Å². The van der Waals surface area contributed by atoms with Gasteiger partial charge in [0.25, 0.3) is 0 Å². The number of hydrogen-bond donors (Lipinski definition) is 2. The first kappa shape index (κ1) is 18.9. The summed E-state index contributed by atoms with van der Waals surface area (Å²) in [6, 6.07) is 11.9. The molecule has 0 unspecified atom stereocenters. The number of sulfonamides is 1. The number of carbonyl (C=O) groups is 1. The number of amides is 1. The lowest BCUT2D eigenvalue weighted by atomic mass is 10.1. The van der Waals surface area contributed by atoms with Crippen molar-refractivity contribution in [3.63, 3.8) is 0 Å². The molecule has 0 aromatic heterocycles. The van der Waals surface area contributed by atoms with E-state index >= 15 is 0 Å². The number of hydrogen-bond acceptors (Lipinski definition) is 3. The van der Waals surface area contributed by atoms with Crippen LogP contribution in [0.15, 0.2) is 47.4 Å². The molecule has 140 valence electrons. The number of rotatable bonds is 5. The van der Waals surface area contributed by atoms with Crippen molar-refractivity contribution >= 4 is 26.7 Å². The fourth-order valence-corrected chi connectivity index (χ4v) is 4.68. The van der Waals surface area contributed by atoms with Crippen LogP contribution in [-0.4, -0.2) is 26.4 Å². The average Bonchev–Trinajstić information content (AvgIpc) is 2.89. The Morgan fingerprint density at radius 2 is 1.65 bits per heavy atom. The van der Waals surface area contributed by atoms with Gasteiger partial charge in [-0.3, -0.25) is 4.79 Å². The molecule has 1 atom stereocenters. The third-order valence-corrected chi connectivity index (χ3v) is 6.50. The van der Waals surface area contributed by atoms with Crippen LogP contribution in [0.3, 0.4) is 0 Å². The Hall–Kier alpha value is -1.92. The smallest absolute Gasteiger partial charge is 0.241 e.